The van der Waals surface area contributed by atoms with Crippen LogP contribution in [-0.4, -0.2) is 80.0 Å². The number of amides is 4. The zero-order chi connectivity index (χ0) is 21.5. The standard InChI is InChI=1S/C22H33N5O3/c1-3-16-6-4-5-7-19(16)21(29)25-18-9-8-17(14-26(2)15-18)20(28)23-10-12-27-13-11-24-22(27)30/h4-7,17-18H,3,8-15H2,1-2H3,(H,23,28)(H,24,30)(H,25,29)/t17-,18+/m1/s1. The van der Waals surface area contributed by atoms with E-state index in [2.05, 4.69) is 20.9 Å². The fourth-order valence-corrected chi connectivity index (χ4v) is 4.24. The Labute approximate surface area is 178 Å². The molecule has 1 aromatic rings. The second-order valence-electron chi connectivity index (χ2n) is 8.19. The number of aryl methyl sites for hydroxylation is 1. The lowest BCUT2D eigenvalue weighted by atomic mass is 10.00. The summed E-state index contributed by atoms with van der Waals surface area (Å²) in [5, 5.41) is 8.89. The summed E-state index contributed by atoms with van der Waals surface area (Å²) in [4.78, 5) is 40.8. The Hall–Kier alpha value is -2.61. The zero-order valence-electron chi connectivity index (χ0n) is 17.9. The Bertz CT molecular complexity index is 769. The van der Waals surface area contributed by atoms with Gasteiger partial charge in [-0.25, -0.2) is 4.79 Å². The van der Waals surface area contributed by atoms with Crippen LogP contribution < -0.4 is 16.0 Å². The Morgan fingerprint density at radius 3 is 2.73 bits per heavy atom. The summed E-state index contributed by atoms with van der Waals surface area (Å²) in [5.74, 6) is -0.144. The van der Waals surface area contributed by atoms with Gasteiger partial charge in [0.25, 0.3) is 5.91 Å². The molecule has 2 heterocycles. The van der Waals surface area contributed by atoms with Crippen molar-refractivity contribution in [2.75, 3.05) is 46.3 Å². The van der Waals surface area contributed by atoms with Gasteiger partial charge in [0.15, 0.2) is 0 Å². The van der Waals surface area contributed by atoms with Crippen molar-refractivity contribution in [3.63, 3.8) is 0 Å². The number of nitrogens with one attached hydrogen (secondary N) is 3. The zero-order valence-corrected chi connectivity index (χ0v) is 17.9. The largest absolute Gasteiger partial charge is 0.354 e. The lowest BCUT2D eigenvalue weighted by Crippen LogP contribution is -2.42. The third kappa shape index (κ3) is 5.72. The van der Waals surface area contributed by atoms with E-state index >= 15 is 0 Å². The molecule has 2 aliphatic heterocycles. The van der Waals surface area contributed by atoms with Crippen molar-refractivity contribution in [3.8, 4) is 0 Å². The molecule has 0 radical (unpaired) electrons. The van der Waals surface area contributed by atoms with Crippen LogP contribution in [0.3, 0.4) is 0 Å². The minimum absolute atomic E-state index is 0.0125. The van der Waals surface area contributed by atoms with Gasteiger partial charge in [0.1, 0.15) is 0 Å². The number of likely N-dealkylation sites (N-methyl/N-ethyl adjacent to an activating group) is 1. The molecule has 164 valence electrons. The van der Waals surface area contributed by atoms with Crippen LogP contribution in [-0.2, 0) is 11.2 Å². The predicted octanol–water partition coefficient (Wildman–Crippen LogP) is 0.831. The number of likely N-dealkylation sites (tertiary alicyclic amines) is 1. The summed E-state index contributed by atoms with van der Waals surface area (Å²) < 4.78 is 0. The van der Waals surface area contributed by atoms with Crippen molar-refractivity contribution >= 4 is 17.8 Å². The van der Waals surface area contributed by atoms with Gasteiger partial charge >= 0.3 is 6.03 Å². The number of carbonyl (C=O) groups excluding carboxylic acids is 3. The first-order valence-corrected chi connectivity index (χ1v) is 10.9. The van der Waals surface area contributed by atoms with E-state index in [0.717, 1.165) is 36.9 Å². The molecule has 0 spiro atoms. The number of rotatable bonds is 7. The highest BCUT2D eigenvalue weighted by Gasteiger charge is 2.28. The molecule has 2 aliphatic rings. The number of benzene rings is 1. The smallest absolute Gasteiger partial charge is 0.317 e. The second kappa shape index (κ2) is 10.4. The number of carbonyl (C=O) groups is 3. The van der Waals surface area contributed by atoms with Crippen molar-refractivity contribution < 1.29 is 14.4 Å². The first kappa shape index (κ1) is 22.1. The SMILES string of the molecule is CCc1ccccc1C(=O)N[C@H]1CC[C@@H](C(=O)NCCN2CCNC2=O)CN(C)C1. The first-order valence-electron chi connectivity index (χ1n) is 10.9. The molecule has 2 fully saturated rings. The maximum atomic E-state index is 12.8. The lowest BCUT2D eigenvalue weighted by molar-refractivity contribution is -0.125. The Balaban J connectivity index is 1.49. The average molecular weight is 416 g/mol. The highest BCUT2D eigenvalue weighted by Crippen LogP contribution is 2.17. The summed E-state index contributed by atoms with van der Waals surface area (Å²) in [6.07, 6.45) is 2.30. The maximum absolute atomic E-state index is 12.8. The fourth-order valence-electron chi connectivity index (χ4n) is 4.24. The van der Waals surface area contributed by atoms with Crippen molar-refractivity contribution in [1.29, 1.82) is 0 Å². The molecular weight excluding hydrogens is 382 g/mol. The molecule has 2 saturated heterocycles. The van der Waals surface area contributed by atoms with E-state index in [0.29, 0.717) is 32.7 Å². The van der Waals surface area contributed by atoms with Crippen LogP contribution in [0.15, 0.2) is 24.3 Å². The Morgan fingerprint density at radius 1 is 1.20 bits per heavy atom. The molecule has 3 N–H and O–H groups in total. The predicted molar refractivity (Wildman–Crippen MR) is 115 cm³/mol. The number of hydrogen-bond donors (Lipinski definition) is 3. The van der Waals surface area contributed by atoms with E-state index in [9.17, 15) is 14.4 Å². The molecular formula is C22H33N5O3. The van der Waals surface area contributed by atoms with E-state index in [4.69, 9.17) is 0 Å². The van der Waals surface area contributed by atoms with Gasteiger partial charge in [0.05, 0.1) is 5.92 Å². The van der Waals surface area contributed by atoms with Crippen LogP contribution in [0.4, 0.5) is 4.79 Å². The van der Waals surface area contributed by atoms with Crippen LogP contribution in [0.25, 0.3) is 0 Å². The molecule has 0 aromatic heterocycles. The van der Waals surface area contributed by atoms with E-state index in [-0.39, 0.29) is 29.8 Å². The van der Waals surface area contributed by atoms with Crippen molar-refractivity contribution in [2.24, 2.45) is 5.92 Å². The Kier molecular flexibility index (Phi) is 7.68. The molecule has 2 atom stereocenters. The number of urea groups is 1. The summed E-state index contributed by atoms with van der Waals surface area (Å²) >= 11 is 0. The maximum Gasteiger partial charge on any atom is 0.317 e. The normalized spacial score (nSPS) is 22.3. The van der Waals surface area contributed by atoms with Gasteiger partial charge in [0, 0.05) is 50.9 Å². The summed E-state index contributed by atoms with van der Waals surface area (Å²) in [7, 11) is 1.99. The van der Waals surface area contributed by atoms with Crippen LogP contribution in [0.1, 0.15) is 35.7 Å². The van der Waals surface area contributed by atoms with E-state index in [1.165, 1.54) is 0 Å². The van der Waals surface area contributed by atoms with Crippen LogP contribution >= 0.6 is 0 Å². The quantitative estimate of drug-likeness (QED) is 0.615. The summed E-state index contributed by atoms with van der Waals surface area (Å²) in [6, 6.07) is 7.64. The molecule has 8 nitrogen and oxygen atoms in total. The van der Waals surface area contributed by atoms with Crippen LogP contribution in [0.2, 0.25) is 0 Å². The summed E-state index contributed by atoms with van der Waals surface area (Å²) in [6.45, 7) is 5.76. The molecule has 0 saturated carbocycles. The molecule has 30 heavy (non-hydrogen) atoms. The second-order valence-corrected chi connectivity index (χ2v) is 8.19. The van der Waals surface area contributed by atoms with Gasteiger partial charge in [-0.1, -0.05) is 25.1 Å². The number of hydrogen-bond acceptors (Lipinski definition) is 4. The van der Waals surface area contributed by atoms with Gasteiger partial charge < -0.3 is 25.8 Å². The highest BCUT2D eigenvalue weighted by atomic mass is 16.2. The van der Waals surface area contributed by atoms with Crippen LogP contribution in [0, 0.1) is 5.92 Å². The lowest BCUT2D eigenvalue weighted by Gasteiger charge is -2.22. The first-order chi connectivity index (χ1) is 14.5. The van der Waals surface area contributed by atoms with Gasteiger partial charge in [-0.2, -0.15) is 0 Å². The molecule has 4 amide bonds. The molecule has 3 rings (SSSR count). The third-order valence-corrected chi connectivity index (χ3v) is 5.90. The highest BCUT2D eigenvalue weighted by molar-refractivity contribution is 5.95. The van der Waals surface area contributed by atoms with Gasteiger partial charge in [-0.15, -0.1) is 0 Å². The molecule has 8 heteroatoms. The monoisotopic (exact) mass is 415 g/mol. The van der Waals surface area contributed by atoms with E-state index in [1.807, 2.05) is 38.2 Å². The van der Waals surface area contributed by atoms with Gasteiger partial charge in [0.2, 0.25) is 5.91 Å². The van der Waals surface area contributed by atoms with E-state index in [1.54, 1.807) is 4.90 Å². The molecule has 0 aliphatic carbocycles. The van der Waals surface area contributed by atoms with Crippen molar-refractivity contribution in [1.82, 2.24) is 25.8 Å². The summed E-state index contributed by atoms with van der Waals surface area (Å²) in [5.41, 5.74) is 1.77. The molecule has 0 bridgehead atoms. The van der Waals surface area contributed by atoms with Crippen molar-refractivity contribution in [2.45, 2.75) is 32.2 Å². The number of nitrogens with zero attached hydrogens (tertiary/aromatic N) is 2. The topological polar surface area (TPSA) is 93.8 Å². The minimum Gasteiger partial charge on any atom is -0.354 e. The van der Waals surface area contributed by atoms with Gasteiger partial charge in [-0.05, 0) is 37.9 Å². The van der Waals surface area contributed by atoms with E-state index < -0.39 is 0 Å². The third-order valence-electron chi connectivity index (χ3n) is 5.90. The molecule has 1 aromatic carbocycles. The average Bonchev–Trinajstić information content (AvgIpc) is 3.05. The van der Waals surface area contributed by atoms with Crippen molar-refractivity contribution in [3.05, 3.63) is 35.4 Å². The minimum atomic E-state index is -0.118. The fraction of sp³-hybridized carbons (Fsp3) is 0.591. The molecule has 0 unspecified atom stereocenters. The van der Waals surface area contributed by atoms with Gasteiger partial charge in [-0.3, -0.25) is 9.59 Å². The Morgan fingerprint density at radius 2 is 2.00 bits per heavy atom. The van der Waals surface area contributed by atoms with Crippen LogP contribution in [0.5, 0.6) is 0 Å².